The van der Waals surface area contributed by atoms with E-state index in [1.165, 1.54) is 12.1 Å². The van der Waals surface area contributed by atoms with Crippen LogP contribution in [0.3, 0.4) is 0 Å². The molecule has 0 N–H and O–H groups in total. The predicted octanol–water partition coefficient (Wildman–Crippen LogP) is 4.16. The molecular weight excluding hydrogens is 399 g/mol. The van der Waals surface area contributed by atoms with E-state index in [-0.39, 0.29) is 23.7 Å². The van der Waals surface area contributed by atoms with E-state index in [1.54, 1.807) is 25.2 Å². The molecule has 2 aromatic rings. The van der Waals surface area contributed by atoms with Crippen LogP contribution in [0.5, 0.6) is 11.5 Å². The Labute approximate surface area is 181 Å². The molecule has 1 fully saturated rings. The normalized spacial score (nSPS) is 18.0. The van der Waals surface area contributed by atoms with E-state index in [2.05, 4.69) is 5.16 Å². The van der Waals surface area contributed by atoms with Crippen LogP contribution in [0.15, 0.2) is 47.6 Å². The zero-order valence-corrected chi connectivity index (χ0v) is 17.8. The fourth-order valence-corrected chi connectivity index (χ4v) is 3.96. The van der Waals surface area contributed by atoms with E-state index in [0.717, 1.165) is 36.1 Å². The first-order valence-corrected chi connectivity index (χ1v) is 10.6. The minimum absolute atomic E-state index is 0.0567. The summed E-state index contributed by atoms with van der Waals surface area (Å²) < 4.78 is 24.3. The number of carbonyl (C=O) groups is 1. The number of methoxy groups -OCH3 is 2. The molecule has 7 heteroatoms. The summed E-state index contributed by atoms with van der Waals surface area (Å²) in [4.78, 5) is 20.5. The molecule has 0 saturated heterocycles. The molecule has 1 aliphatic carbocycles. The maximum Gasteiger partial charge on any atom is 0.226 e. The number of benzene rings is 2. The Morgan fingerprint density at radius 3 is 2.65 bits per heavy atom. The second kappa shape index (κ2) is 9.37. The van der Waals surface area contributed by atoms with Crippen LogP contribution in [0.1, 0.15) is 36.8 Å². The predicted molar refractivity (Wildman–Crippen MR) is 115 cm³/mol. The second-order valence-corrected chi connectivity index (χ2v) is 8.02. The van der Waals surface area contributed by atoms with Gasteiger partial charge in [-0.15, -0.1) is 0 Å². The minimum Gasteiger partial charge on any atom is -0.493 e. The van der Waals surface area contributed by atoms with Crippen molar-refractivity contribution in [2.24, 2.45) is 11.1 Å². The Kier molecular flexibility index (Phi) is 6.39. The number of ether oxygens (including phenoxy) is 2. The van der Waals surface area contributed by atoms with E-state index >= 15 is 0 Å². The maximum absolute atomic E-state index is 13.6. The molecule has 1 atom stereocenters. The summed E-state index contributed by atoms with van der Waals surface area (Å²) in [5.74, 6) is 1.14. The van der Waals surface area contributed by atoms with Gasteiger partial charge >= 0.3 is 0 Å². The highest BCUT2D eigenvalue weighted by Crippen LogP contribution is 2.31. The van der Waals surface area contributed by atoms with Crippen LogP contribution in [0.2, 0.25) is 0 Å². The summed E-state index contributed by atoms with van der Waals surface area (Å²) in [6.45, 7) is 0.769. The summed E-state index contributed by atoms with van der Waals surface area (Å²) in [6, 6.07) is 12.0. The van der Waals surface area contributed by atoms with Gasteiger partial charge in [0.1, 0.15) is 5.82 Å². The van der Waals surface area contributed by atoms with Gasteiger partial charge in [0, 0.05) is 24.4 Å². The van der Waals surface area contributed by atoms with E-state index in [0.29, 0.717) is 31.0 Å². The number of oxime groups is 1. The Hall–Kier alpha value is -3.09. The maximum atomic E-state index is 13.6. The van der Waals surface area contributed by atoms with Crippen molar-refractivity contribution in [1.29, 1.82) is 0 Å². The smallest absolute Gasteiger partial charge is 0.226 e. The molecule has 2 aliphatic rings. The van der Waals surface area contributed by atoms with Gasteiger partial charge < -0.3 is 19.2 Å². The molecule has 4 rings (SSSR count). The molecule has 1 unspecified atom stereocenters. The lowest BCUT2D eigenvalue weighted by molar-refractivity contribution is -0.140. The van der Waals surface area contributed by atoms with Crippen LogP contribution in [0.4, 0.5) is 4.39 Å². The summed E-state index contributed by atoms with van der Waals surface area (Å²) in [5, 5.41) is 4.25. The third-order valence-corrected chi connectivity index (χ3v) is 5.90. The molecule has 1 amide bonds. The van der Waals surface area contributed by atoms with Crippen LogP contribution in [-0.4, -0.2) is 43.4 Å². The van der Waals surface area contributed by atoms with E-state index in [1.807, 2.05) is 24.3 Å². The van der Waals surface area contributed by atoms with E-state index in [4.69, 9.17) is 14.3 Å². The van der Waals surface area contributed by atoms with Gasteiger partial charge in [0.15, 0.2) is 17.6 Å². The molecule has 164 valence electrons. The van der Waals surface area contributed by atoms with Crippen molar-refractivity contribution in [2.45, 2.75) is 38.3 Å². The van der Waals surface area contributed by atoms with Crippen molar-refractivity contribution >= 4 is 11.6 Å². The van der Waals surface area contributed by atoms with Gasteiger partial charge in [0.25, 0.3) is 0 Å². The standard InChI is InChI=1S/C24H27FN2O4/c1-29-22-10-9-18(12-23(22)30-2)21-13-20(31-26-21)15-27(24(28)17-6-4-7-17)14-16-5-3-8-19(25)11-16/h3,5,8-12,17,20H,4,6-7,13-15H2,1-2H3. The lowest BCUT2D eigenvalue weighted by Gasteiger charge is -2.32. The van der Waals surface area contributed by atoms with Gasteiger partial charge in [-0.1, -0.05) is 23.7 Å². The largest absolute Gasteiger partial charge is 0.493 e. The second-order valence-electron chi connectivity index (χ2n) is 8.02. The van der Waals surface area contributed by atoms with Gasteiger partial charge in [0.05, 0.1) is 26.5 Å². The van der Waals surface area contributed by atoms with Gasteiger partial charge in [0.2, 0.25) is 5.91 Å². The fourth-order valence-electron chi connectivity index (χ4n) is 3.96. The van der Waals surface area contributed by atoms with Crippen molar-refractivity contribution < 1.29 is 23.5 Å². The summed E-state index contributed by atoms with van der Waals surface area (Å²) >= 11 is 0. The van der Waals surface area contributed by atoms with Gasteiger partial charge in [-0.2, -0.15) is 0 Å². The number of hydrogen-bond acceptors (Lipinski definition) is 5. The minimum atomic E-state index is -0.301. The molecule has 0 spiro atoms. The Balaban J connectivity index is 1.45. The molecule has 6 nitrogen and oxygen atoms in total. The number of amides is 1. The van der Waals surface area contributed by atoms with Crippen molar-refractivity contribution in [3.63, 3.8) is 0 Å². The summed E-state index contributed by atoms with van der Waals surface area (Å²) in [5.41, 5.74) is 2.46. The molecule has 1 aliphatic heterocycles. The summed E-state index contributed by atoms with van der Waals surface area (Å²) in [6.07, 6.45) is 3.24. The van der Waals surface area contributed by atoms with Crippen molar-refractivity contribution in [2.75, 3.05) is 20.8 Å². The number of rotatable bonds is 8. The van der Waals surface area contributed by atoms with Crippen molar-refractivity contribution in [1.82, 2.24) is 4.90 Å². The van der Waals surface area contributed by atoms with E-state index in [9.17, 15) is 9.18 Å². The van der Waals surface area contributed by atoms with Crippen molar-refractivity contribution in [3.8, 4) is 11.5 Å². The molecule has 1 saturated carbocycles. The van der Waals surface area contributed by atoms with Crippen LogP contribution in [-0.2, 0) is 16.2 Å². The molecule has 0 bridgehead atoms. The zero-order valence-electron chi connectivity index (χ0n) is 17.8. The van der Waals surface area contributed by atoms with Crippen LogP contribution in [0, 0.1) is 11.7 Å². The number of carbonyl (C=O) groups excluding carboxylic acids is 1. The molecule has 31 heavy (non-hydrogen) atoms. The Morgan fingerprint density at radius 2 is 1.97 bits per heavy atom. The number of halogens is 1. The highest BCUT2D eigenvalue weighted by Gasteiger charge is 2.33. The average molecular weight is 426 g/mol. The molecule has 2 aromatic carbocycles. The van der Waals surface area contributed by atoms with E-state index < -0.39 is 0 Å². The van der Waals surface area contributed by atoms with Crippen LogP contribution < -0.4 is 9.47 Å². The van der Waals surface area contributed by atoms with Crippen molar-refractivity contribution in [3.05, 3.63) is 59.4 Å². The third-order valence-electron chi connectivity index (χ3n) is 5.90. The van der Waals surface area contributed by atoms with Crippen LogP contribution >= 0.6 is 0 Å². The molecular formula is C24H27FN2O4. The first-order valence-electron chi connectivity index (χ1n) is 10.6. The fraction of sp³-hybridized carbons (Fsp3) is 0.417. The Bertz CT molecular complexity index is 974. The average Bonchev–Trinajstić information content (AvgIpc) is 3.20. The molecule has 0 aromatic heterocycles. The quantitative estimate of drug-likeness (QED) is 0.636. The zero-order chi connectivity index (χ0) is 21.8. The SMILES string of the molecule is COc1ccc(C2=NOC(CN(Cc3cccc(F)c3)C(=O)C3CCC3)C2)cc1OC. The molecule has 1 heterocycles. The van der Waals surface area contributed by atoms with Gasteiger partial charge in [-0.3, -0.25) is 4.79 Å². The highest BCUT2D eigenvalue weighted by molar-refractivity contribution is 6.01. The lowest BCUT2D eigenvalue weighted by atomic mass is 9.84. The first kappa shape index (κ1) is 21.2. The monoisotopic (exact) mass is 426 g/mol. The number of hydrogen-bond donors (Lipinski definition) is 0. The van der Waals surface area contributed by atoms with Crippen LogP contribution in [0.25, 0.3) is 0 Å². The Morgan fingerprint density at radius 1 is 1.16 bits per heavy atom. The highest BCUT2D eigenvalue weighted by atomic mass is 19.1. The van der Waals surface area contributed by atoms with Gasteiger partial charge in [-0.25, -0.2) is 4.39 Å². The topological polar surface area (TPSA) is 60.4 Å². The third kappa shape index (κ3) is 4.81. The summed E-state index contributed by atoms with van der Waals surface area (Å²) in [7, 11) is 3.18. The van der Waals surface area contributed by atoms with Gasteiger partial charge in [-0.05, 0) is 48.7 Å². The number of nitrogens with zero attached hydrogens (tertiary/aromatic N) is 2. The first-order chi connectivity index (χ1) is 15.1. The molecule has 0 radical (unpaired) electrons. The lowest BCUT2D eigenvalue weighted by Crippen LogP contribution is -2.42.